The minimum absolute atomic E-state index is 0.233. The maximum Gasteiger partial charge on any atom is 0.416 e. The molecule has 1 aliphatic heterocycles. The summed E-state index contributed by atoms with van der Waals surface area (Å²) in [5.74, 6) is -0.233. The van der Waals surface area contributed by atoms with Crippen LogP contribution in [0.5, 0.6) is 0 Å². The molecule has 1 aliphatic rings. The van der Waals surface area contributed by atoms with Crippen LogP contribution >= 0.6 is 11.3 Å². The number of halogens is 3. The van der Waals surface area contributed by atoms with Gasteiger partial charge in [-0.05, 0) is 31.5 Å². The molecule has 1 fully saturated rings. The van der Waals surface area contributed by atoms with Crippen molar-refractivity contribution >= 4 is 17.3 Å². The number of likely N-dealkylation sites (tertiary alicyclic amines) is 1. The zero-order valence-corrected chi connectivity index (χ0v) is 15.1. The van der Waals surface area contributed by atoms with Gasteiger partial charge in [-0.15, -0.1) is 11.3 Å². The summed E-state index contributed by atoms with van der Waals surface area (Å²) >= 11 is 1.38. The van der Waals surface area contributed by atoms with Gasteiger partial charge in [0.05, 0.1) is 18.4 Å². The SMILES string of the molecule is COC(=O)C1CCCCN1Cc1csc(-c2ccc(C(F)(F)F)cc2)n1. The molecule has 1 aromatic heterocycles. The molecular formula is C18H19F3N2O2S. The van der Waals surface area contributed by atoms with E-state index >= 15 is 0 Å². The number of hydrogen-bond donors (Lipinski definition) is 0. The van der Waals surface area contributed by atoms with E-state index in [0.29, 0.717) is 17.1 Å². The van der Waals surface area contributed by atoms with Crippen molar-refractivity contribution in [3.8, 4) is 10.6 Å². The van der Waals surface area contributed by atoms with Crippen molar-refractivity contribution < 1.29 is 22.7 Å². The summed E-state index contributed by atoms with van der Waals surface area (Å²) in [6, 6.07) is 4.74. The lowest BCUT2D eigenvalue weighted by Crippen LogP contribution is -2.44. The zero-order chi connectivity index (χ0) is 18.7. The number of carbonyl (C=O) groups excluding carboxylic acids is 1. The fourth-order valence-electron chi connectivity index (χ4n) is 3.11. The molecule has 0 saturated carbocycles. The highest BCUT2D eigenvalue weighted by molar-refractivity contribution is 7.13. The average molecular weight is 384 g/mol. The molecule has 1 saturated heterocycles. The van der Waals surface area contributed by atoms with Crippen LogP contribution in [0.15, 0.2) is 29.6 Å². The molecule has 0 spiro atoms. The van der Waals surface area contributed by atoms with Crippen molar-refractivity contribution in [3.05, 3.63) is 40.9 Å². The molecule has 8 heteroatoms. The second kappa shape index (κ2) is 7.75. The normalized spacial score (nSPS) is 18.7. The largest absolute Gasteiger partial charge is 0.468 e. The zero-order valence-electron chi connectivity index (χ0n) is 14.3. The number of methoxy groups -OCH3 is 1. The van der Waals surface area contributed by atoms with Crippen LogP contribution < -0.4 is 0 Å². The Balaban J connectivity index is 1.72. The first kappa shape index (κ1) is 18.8. The van der Waals surface area contributed by atoms with E-state index in [1.54, 1.807) is 0 Å². The van der Waals surface area contributed by atoms with Gasteiger partial charge in [-0.1, -0.05) is 18.6 Å². The molecule has 3 rings (SSSR count). The number of hydrogen-bond acceptors (Lipinski definition) is 5. The molecule has 1 atom stereocenters. The van der Waals surface area contributed by atoms with E-state index in [2.05, 4.69) is 9.88 Å². The molecule has 4 nitrogen and oxygen atoms in total. The highest BCUT2D eigenvalue weighted by Crippen LogP contribution is 2.32. The third-order valence-electron chi connectivity index (χ3n) is 4.46. The number of benzene rings is 1. The summed E-state index contributed by atoms with van der Waals surface area (Å²) in [4.78, 5) is 18.5. The third-order valence-corrected chi connectivity index (χ3v) is 5.40. The standard InChI is InChI=1S/C18H19F3N2O2S/c1-25-17(24)15-4-2-3-9-23(15)10-14-11-26-16(22-14)12-5-7-13(8-6-12)18(19,20)21/h5-8,11,15H,2-4,9-10H2,1H3. The van der Waals surface area contributed by atoms with Gasteiger partial charge in [0, 0.05) is 17.5 Å². The van der Waals surface area contributed by atoms with Crippen LogP contribution in [0.1, 0.15) is 30.5 Å². The maximum atomic E-state index is 12.7. The van der Waals surface area contributed by atoms with Gasteiger partial charge < -0.3 is 4.74 Å². The number of rotatable bonds is 4. The van der Waals surface area contributed by atoms with Crippen LogP contribution in [0.2, 0.25) is 0 Å². The van der Waals surface area contributed by atoms with Crippen molar-refractivity contribution in [1.82, 2.24) is 9.88 Å². The summed E-state index contributed by atoms with van der Waals surface area (Å²) in [6.07, 6.45) is -1.57. The van der Waals surface area contributed by atoms with Gasteiger partial charge in [0.15, 0.2) is 0 Å². The summed E-state index contributed by atoms with van der Waals surface area (Å²) in [5, 5.41) is 2.55. The van der Waals surface area contributed by atoms with Crippen molar-refractivity contribution in [2.24, 2.45) is 0 Å². The molecule has 1 unspecified atom stereocenters. The number of carbonyl (C=O) groups is 1. The Hall–Kier alpha value is -1.93. The molecular weight excluding hydrogens is 365 g/mol. The molecule has 0 aliphatic carbocycles. The molecule has 1 aromatic carbocycles. The number of piperidine rings is 1. The molecule has 0 N–H and O–H groups in total. The van der Waals surface area contributed by atoms with Gasteiger partial charge in [-0.25, -0.2) is 4.98 Å². The summed E-state index contributed by atoms with van der Waals surface area (Å²) in [7, 11) is 1.39. The van der Waals surface area contributed by atoms with Crippen LogP contribution in [-0.4, -0.2) is 35.5 Å². The molecule has 2 heterocycles. The minimum atomic E-state index is -4.34. The fraction of sp³-hybridized carbons (Fsp3) is 0.444. The van der Waals surface area contributed by atoms with Crippen LogP contribution in [0.3, 0.4) is 0 Å². The minimum Gasteiger partial charge on any atom is -0.468 e. The second-order valence-electron chi connectivity index (χ2n) is 6.22. The van der Waals surface area contributed by atoms with Crippen molar-refractivity contribution in [1.29, 1.82) is 0 Å². The van der Waals surface area contributed by atoms with Crippen LogP contribution in [0.4, 0.5) is 13.2 Å². The molecule has 26 heavy (non-hydrogen) atoms. The number of thiazole rings is 1. The number of ether oxygens (including phenoxy) is 1. The summed E-state index contributed by atoms with van der Waals surface area (Å²) < 4.78 is 42.9. The topological polar surface area (TPSA) is 42.4 Å². The number of esters is 1. The lowest BCUT2D eigenvalue weighted by Gasteiger charge is -2.33. The summed E-state index contributed by atoms with van der Waals surface area (Å²) in [5.41, 5.74) is 0.783. The quantitative estimate of drug-likeness (QED) is 0.735. The van der Waals surface area contributed by atoms with Crippen molar-refractivity contribution in [2.45, 2.75) is 38.0 Å². The molecule has 0 bridgehead atoms. The van der Waals surface area contributed by atoms with E-state index in [1.165, 1.54) is 30.6 Å². The third kappa shape index (κ3) is 4.24. The lowest BCUT2D eigenvalue weighted by molar-refractivity contribution is -0.148. The predicted octanol–water partition coefficient (Wildman–Crippen LogP) is 4.36. The highest BCUT2D eigenvalue weighted by atomic mass is 32.1. The van der Waals surface area contributed by atoms with Gasteiger partial charge in [-0.2, -0.15) is 13.2 Å². The van der Waals surface area contributed by atoms with E-state index in [9.17, 15) is 18.0 Å². The average Bonchev–Trinajstić information content (AvgIpc) is 3.09. The Kier molecular flexibility index (Phi) is 5.62. The Morgan fingerprint density at radius 3 is 2.69 bits per heavy atom. The van der Waals surface area contributed by atoms with Crippen LogP contribution in [0, 0.1) is 0 Å². The number of alkyl halides is 3. The lowest BCUT2D eigenvalue weighted by atomic mass is 10.0. The maximum absolute atomic E-state index is 12.7. The first-order valence-corrected chi connectivity index (χ1v) is 9.20. The Bertz CT molecular complexity index is 759. The van der Waals surface area contributed by atoms with E-state index in [1.807, 2.05) is 5.38 Å². The van der Waals surface area contributed by atoms with Crippen LogP contribution in [-0.2, 0) is 22.3 Å². The van der Waals surface area contributed by atoms with Gasteiger partial charge in [0.25, 0.3) is 0 Å². The summed E-state index contributed by atoms with van der Waals surface area (Å²) in [6.45, 7) is 1.32. The van der Waals surface area contributed by atoms with Crippen molar-refractivity contribution in [3.63, 3.8) is 0 Å². The smallest absolute Gasteiger partial charge is 0.416 e. The first-order chi connectivity index (χ1) is 12.4. The number of nitrogens with zero attached hydrogens (tertiary/aromatic N) is 2. The molecule has 2 aromatic rings. The highest BCUT2D eigenvalue weighted by Gasteiger charge is 2.31. The van der Waals surface area contributed by atoms with Gasteiger partial charge in [0.2, 0.25) is 0 Å². The van der Waals surface area contributed by atoms with E-state index < -0.39 is 11.7 Å². The fourth-order valence-corrected chi connectivity index (χ4v) is 3.92. The molecule has 0 amide bonds. The molecule has 0 radical (unpaired) electrons. The van der Waals surface area contributed by atoms with Crippen molar-refractivity contribution in [2.75, 3.05) is 13.7 Å². The Morgan fingerprint density at radius 1 is 1.31 bits per heavy atom. The van der Waals surface area contributed by atoms with E-state index in [4.69, 9.17) is 4.74 Å². The second-order valence-corrected chi connectivity index (χ2v) is 7.08. The predicted molar refractivity (Wildman–Crippen MR) is 92.6 cm³/mol. The monoisotopic (exact) mass is 384 g/mol. The van der Waals surface area contributed by atoms with Crippen LogP contribution in [0.25, 0.3) is 10.6 Å². The van der Waals surface area contributed by atoms with E-state index in [0.717, 1.165) is 43.6 Å². The first-order valence-electron chi connectivity index (χ1n) is 8.32. The van der Waals surface area contributed by atoms with Gasteiger partial charge in [0.1, 0.15) is 11.0 Å². The van der Waals surface area contributed by atoms with E-state index in [-0.39, 0.29) is 12.0 Å². The number of aromatic nitrogens is 1. The molecule has 140 valence electrons. The van der Waals surface area contributed by atoms with Gasteiger partial charge >= 0.3 is 12.1 Å². The Morgan fingerprint density at radius 2 is 2.04 bits per heavy atom. The van der Waals surface area contributed by atoms with Gasteiger partial charge in [-0.3, -0.25) is 9.69 Å². The Labute approximate surface area is 153 Å².